The first-order chi connectivity index (χ1) is 10.7. The fourth-order valence-corrected chi connectivity index (χ4v) is 1.86. The minimum absolute atomic E-state index is 0.0925. The molecule has 22 heavy (non-hydrogen) atoms. The summed E-state index contributed by atoms with van der Waals surface area (Å²) in [7, 11) is 0. The van der Waals surface area contributed by atoms with Crippen LogP contribution in [0.4, 0.5) is 11.4 Å². The molecular formula is C18H19N2O2+. The van der Waals surface area contributed by atoms with E-state index in [9.17, 15) is 4.79 Å². The first-order valence-corrected chi connectivity index (χ1v) is 7.11. The summed E-state index contributed by atoms with van der Waals surface area (Å²) in [5, 5.41) is 12.0. The number of benzene rings is 2. The summed E-state index contributed by atoms with van der Waals surface area (Å²) in [6.07, 6.45) is 4.20. The quantitative estimate of drug-likeness (QED) is 0.687. The van der Waals surface area contributed by atoms with E-state index in [1.54, 1.807) is 0 Å². The molecule has 0 saturated heterocycles. The van der Waals surface area contributed by atoms with Crippen molar-refractivity contribution in [1.82, 2.24) is 0 Å². The van der Waals surface area contributed by atoms with Crippen molar-refractivity contribution in [2.75, 3.05) is 5.32 Å². The van der Waals surface area contributed by atoms with E-state index in [2.05, 4.69) is 10.3 Å². The number of hydrogen-bond acceptors (Lipinski definition) is 2. The number of anilines is 1. The summed E-state index contributed by atoms with van der Waals surface area (Å²) in [6, 6.07) is 19.5. The van der Waals surface area contributed by atoms with E-state index >= 15 is 0 Å². The number of carboxylic acids is 1. The number of rotatable bonds is 7. The Labute approximate surface area is 129 Å². The monoisotopic (exact) mass is 295 g/mol. The molecule has 0 spiro atoms. The van der Waals surface area contributed by atoms with E-state index in [1.807, 2.05) is 73.1 Å². The lowest BCUT2D eigenvalue weighted by molar-refractivity contribution is -0.347. The van der Waals surface area contributed by atoms with Crippen LogP contribution in [0.3, 0.4) is 0 Å². The molecular weight excluding hydrogens is 276 g/mol. The van der Waals surface area contributed by atoms with E-state index in [1.165, 1.54) is 0 Å². The number of aliphatic carboxylic acids is 1. The van der Waals surface area contributed by atoms with E-state index in [0.717, 1.165) is 16.9 Å². The highest BCUT2D eigenvalue weighted by molar-refractivity contribution is 5.77. The van der Waals surface area contributed by atoms with Crippen molar-refractivity contribution < 1.29 is 14.9 Å². The largest absolute Gasteiger partial charge is 0.481 e. The van der Waals surface area contributed by atoms with Crippen molar-refractivity contribution in [1.29, 1.82) is 0 Å². The van der Waals surface area contributed by atoms with Gasteiger partial charge >= 0.3 is 5.97 Å². The van der Waals surface area contributed by atoms with Crippen molar-refractivity contribution in [2.45, 2.75) is 12.8 Å². The van der Waals surface area contributed by atoms with Crippen molar-refractivity contribution in [3.63, 3.8) is 0 Å². The smallest absolute Gasteiger partial charge is 0.303 e. The zero-order chi connectivity index (χ0) is 15.6. The Hall–Kier alpha value is -2.88. The molecule has 0 heterocycles. The van der Waals surface area contributed by atoms with Gasteiger partial charge in [-0.25, -0.2) is 4.99 Å². The van der Waals surface area contributed by atoms with Crippen LogP contribution < -0.4 is 10.3 Å². The van der Waals surface area contributed by atoms with Gasteiger partial charge in [-0.15, -0.1) is 0 Å². The van der Waals surface area contributed by atoms with Crippen LogP contribution in [0, 0.1) is 0 Å². The Kier molecular flexibility index (Phi) is 5.93. The molecule has 0 aliphatic rings. The Balaban J connectivity index is 2.08. The summed E-state index contributed by atoms with van der Waals surface area (Å²) >= 11 is 0. The molecule has 0 saturated carbocycles. The van der Waals surface area contributed by atoms with Gasteiger partial charge < -0.3 is 10.4 Å². The van der Waals surface area contributed by atoms with Gasteiger partial charge in [0.05, 0.1) is 0 Å². The van der Waals surface area contributed by atoms with Crippen LogP contribution in [-0.4, -0.2) is 17.3 Å². The fourth-order valence-electron chi connectivity index (χ4n) is 1.86. The molecule has 0 atom stereocenters. The first kappa shape index (κ1) is 15.5. The molecule has 0 bridgehead atoms. The van der Waals surface area contributed by atoms with Gasteiger partial charge in [0, 0.05) is 36.0 Å². The molecule has 2 aromatic rings. The first-order valence-electron chi connectivity index (χ1n) is 7.11. The molecule has 2 aromatic carbocycles. The number of para-hydroxylation sites is 2. The van der Waals surface area contributed by atoms with Gasteiger partial charge in [-0.2, -0.15) is 0 Å². The van der Waals surface area contributed by atoms with Gasteiger partial charge in [0.15, 0.2) is 6.21 Å². The molecule has 0 unspecified atom stereocenters. The molecule has 0 radical (unpaired) electrons. The normalized spacial score (nSPS) is 11.5. The van der Waals surface area contributed by atoms with E-state index in [-0.39, 0.29) is 6.42 Å². The van der Waals surface area contributed by atoms with Gasteiger partial charge in [0.1, 0.15) is 0 Å². The zero-order valence-corrected chi connectivity index (χ0v) is 12.2. The predicted octanol–water partition coefficient (Wildman–Crippen LogP) is 2.33. The summed E-state index contributed by atoms with van der Waals surface area (Å²) < 4.78 is 0. The fraction of sp³-hybridized carbons (Fsp3) is 0.111. The lowest BCUT2D eigenvalue weighted by Crippen LogP contribution is -2.61. The third kappa shape index (κ3) is 5.63. The molecule has 0 aliphatic carbocycles. The van der Waals surface area contributed by atoms with Crippen LogP contribution in [0.2, 0.25) is 0 Å². The maximum atomic E-state index is 10.8. The Morgan fingerprint density at radius 3 is 2.27 bits per heavy atom. The molecule has 0 amide bonds. The van der Waals surface area contributed by atoms with Gasteiger partial charge in [-0.05, 0) is 18.6 Å². The minimum atomic E-state index is -0.807. The molecule has 0 aromatic heterocycles. The average molecular weight is 295 g/mol. The third-order valence-corrected chi connectivity index (χ3v) is 3.02. The lowest BCUT2D eigenvalue weighted by atomic mass is 10.1. The van der Waals surface area contributed by atoms with Crippen molar-refractivity contribution in [3.8, 4) is 0 Å². The van der Waals surface area contributed by atoms with Crippen LogP contribution in [0.15, 0.2) is 72.4 Å². The number of allylic oxidation sites excluding steroid dienone is 1. The van der Waals surface area contributed by atoms with E-state index in [4.69, 9.17) is 5.11 Å². The zero-order valence-electron chi connectivity index (χ0n) is 12.2. The molecule has 3 N–H and O–H groups in total. The van der Waals surface area contributed by atoms with E-state index < -0.39 is 5.97 Å². The number of nitrogens with one attached hydrogen (secondary N) is 2. The van der Waals surface area contributed by atoms with Crippen LogP contribution >= 0.6 is 0 Å². The SMILES string of the molecule is O=C(O)CC/C(C=[NH+]c1ccccc1)=C\Nc1ccccc1. The van der Waals surface area contributed by atoms with Crippen LogP contribution in [-0.2, 0) is 4.79 Å². The Morgan fingerprint density at radius 1 is 1.00 bits per heavy atom. The molecule has 0 aliphatic heterocycles. The maximum Gasteiger partial charge on any atom is 0.303 e. The Bertz CT molecular complexity index is 649. The topological polar surface area (TPSA) is 63.3 Å². The number of carbonyl (C=O) groups is 1. The van der Waals surface area contributed by atoms with Gasteiger partial charge in [0.2, 0.25) is 5.69 Å². The third-order valence-electron chi connectivity index (χ3n) is 3.02. The van der Waals surface area contributed by atoms with Gasteiger partial charge in [-0.1, -0.05) is 36.4 Å². The summed E-state index contributed by atoms with van der Waals surface area (Å²) in [6.45, 7) is 0. The molecule has 2 rings (SSSR count). The second kappa shape index (κ2) is 8.42. The molecule has 0 fully saturated rings. The minimum Gasteiger partial charge on any atom is -0.481 e. The predicted molar refractivity (Wildman–Crippen MR) is 88.1 cm³/mol. The summed E-state index contributed by atoms with van der Waals surface area (Å²) in [4.78, 5) is 13.9. The van der Waals surface area contributed by atoms with E-state index in [0.29, 0.717) is 6.42 Å². The lowest BCUT2D eigenvalue weighted by Gasteiger charge is -2.02. The van der Waals surface area contributed by atoms with Gasteiger partial charge in [-0.3, -0.25) is 4.79 Å². The Morgan fingerprint density at radius 2 is 1.64 bits per heavy atom. The van der Waals surface area contributed by atoms with Crippen molar-refractivity contribution >= 4 is 23.6 Å². The standard InChI is InChI=1S/C18H18N2O2/c21-18(22)12-11-15(13-19-16-7-3-1-4-8-16)14-20-17-9-5-2-6-10-17/h1-10,13-14,19H,11-12H2,(H,21,22)/p+1/b15-13+,20-14?. The van der Waals surface area contributed by atoms with Crippen LogP contribution in [0.25, 0.3) is 0 Å². The van der Waals surface area contributed by atoms with Crippen molar-refractivity contribution in [3.05, 3.63) is 72.4 Å². The average Bonchev–Trinajstić information content (AvgIpc) is 2.56. The molecule has 4 nitrogen and oxygen atoms in total. The second-order valence-electron chi connectivity index (χ2n) is 4.78. The number of carboxylic acid groups (broad SMARTS) is 1. The summed E-state index contributed by atoms with van der Waals surface area (Å²) in [5.74, 6) is -0.807. The summed E-state index contributed by atoms with van der Waals surface area (Å²) in [5.41, 5.74) is 2.81. The highest BCUT2D eigenvalue weighted by Gasteiger charge is 2.03. The van der Waals surface area contributed by atoms with Crippen LogP contribution in [0.1, 0.15) is 12.8 Å². The highest BCUT2D eigenvalue weighted by atomic mass is 16.4. The second-order valence-corrected chi connectivity index (χ2v) is 4.78. The van der Waals surface area contributed by atoms with Gasteiger partial charge in [0.25, 0.3) is 0 Å². The maximum absolute atomic E-state index is 10.8. The molecule has 112 valence electrons. The number of hydrogen-bond donors (Lipinski definition) is 3. The molecule has 4 heteroatoms. The van der Waals surface area contributed by atoms with Crippen molar-refractivity contribution in [2.24, 2.45) is 0 Å². The van der Waals surface area contributed by atoms with Crippen LogP contribution in [0.5, 0.6) is 0 Å². The highest BCUT2D eigenvalue weighted by Crippen LogP contribution is 2.07.